The van der Waals surface area contributed by atoms with E-state index in [-0.39, 0.29) is 0 Å². The Hall–Kier alpha value is -4.38. The van der Waals surface area contributed by atoms with Gasteiger partial charge in [-0.3, -0.25) is 0 Å². The number of aromatic amines is 2. The van der Waals surface area contributed by atoms with Crippen molar-refractivity contribution in [2.45, 2.75) is 0 Å². The molecule has 0 fully saturated rings. The molecule has 0 unspecified atom stereocenters. The van der Waals surface area contributed by atoms with Crippen LogP contribution in [0.3, 0.4) is 0 Å². The molecule has 0 saturated carbocycles. The predicted octanol–water partition coefficient (Wildman–Crippen LogP) is 6.38. The Morgan fingerprint density at radius 3 is 1.41 bits per heavy atom. The van der Waals surface area contributed by atoms with Crippen molar-refractivity contribution in [3.05, 3.63) is 102 Å². The maximum atomic E-state index is 4.62. The number of anilines is 1. The van der Waals surface area contributed by atoms with Gasteiger partial charge in [-0.15, -0.1) is 0 Å². The van der Waals surface area contributed by atoms with Crippen molar-refractivity contribution in [1.29, 1.82) is 0 Å². The monoisotopic (exact) mass is 417 g/mol. The van der Waals surface area contributed by atoms with Crippen molar-refractivity contribution in [2.24, 2.45) is 0 Å². The molecule has 0 saturated heterocycles. The van der Waals surface area contributed by atoms with Gasteiger partial charge in [-0.2, -0.15) is 0 Å². The average molecular weight is 418 g/mol. The van der Waals surface area contributed by atoms with Gasteiger partial charge in [0.1, 0.15) is 0 Å². The summed E-state index contributed by atoms with van der Waals surface area (Å²) in [5.41, 5.74) is 9.02. The van der Waals surface area contributed by atoms with E-state index in [0.29, 0.717) is 0 Å². The van der Waals surface area contributed by atoms with Gasteiger partial charge in [0.05, 0.1) is 22.8 Å². The summed E-state index contributed by atoms with van der Waals surface area (Å²) in [5.74, 6) is 0. The second-order valence-electron chi connectivity index (χ2n) is 7.52. The molecule has 0 spiro atoms. The van der Waals surface area contributed by atoms with Crippen molar-refractivity contribution in [1.82, 2.24) is 19.9 Å². The van der Waals surface area contributed by atoms with Gasteiger partial charge >= 0.3 is 0 Å². The number of aromatic nitrogens is 4. The first-order valence-corrected chi connectivity index (χ1v) is 10.5. The Kier molecular flexibility index (Phi) is 5.37. The minimum Gasteiger partial charge on any atom is -0.388 e. The van der Waals surface area contributed by atoms with Crippen molar-refractivity contribution >= 4 is 52.1 Å². The Morgan fingerprint density at radius 2 is 0.969 bits per heavy atom. The van der Waals surface area contributed by atoms with Crippen molar-refractivity contribution in [3.63, 3.8) is 0 Å². The van der Waals surface area contributed by atoms with E-state index < -0.39 is 0 Å². The second kappa shape index (κ2) is 8.78. The standard InChI is InChI=1S/C20H14N4.C7H9N/c1-2-14-10-16-5-6-18(23-16)12-20-8-7-19(24-20)11-17-4-3-15(22-17)9-13(1)21-14;1-8-7-5-3-2-4-6-7/h1-12,21-22H;2-6,8H,1H3. The number of rotatable bonds is 1. The van der Waals surface area contributed by atoms with Crippen molar-refractivity contribution in [2.75, 3.05) is 12.4 Å². The largest absolute Gasteiger partial charge is 0.388 e. The summed E-state index contributed by atoms with van der Waals surface area (Å²) in [7, 11) is 1.91. The Balaban J connectivity index is 0.000000230. The fourth-order valence-electron chi connectivity index (χ4n) is 3.55. The Bertz CT molecular complexity index is 1370. The zero-order valence-electron chi connectivity index (χ0n) is 17.7. The molecule has 6 rings (SSSR count). The molecular formula is C27H23N5. The minimum atomic E-state index is 0.915. The predicted molar refractivity (Wildman–Crippen MR) is 135 cm³/mol. The fourth-order valence-corrected chi connectivity index (χ4v) is 3.55. The molecule has 5 heteroatoms. The maximum Gasteiger partial charge on any atom is 0.0659 e. The molecule has 1 aromatic carbocycles. The van der Waals surface area contributed by atoms with Gasteiger partial charge in [0, 0.05) is 34.8 Å². The van der Waals surface area contributed by atoms with Gasteiger partial charge in [-0.1, -0.05) is 18.2 Å². The Labute approximate surface area is 186 Å². The third-order valence-corrected chi connectivity index (χ3v) is 5.10. The highest BCUT2D eigenvalue weighted by Crippen LogP contribution is 2.17. The summed E-state index contributed by atoms with van der Waals surface area (Å²) in [6.45, 7) is 0. The van der Waals surface area contributed by atoms with E-state index in [2.05, 4.69) is 55.6 Å². The van der Waals surface area contributed by atoms with E-state index in [1.807, 2.05) is 79.9 Å². The van der Waals surface area contributed by atoms with Gasteiger partial charge in [-0.25, -0.2) is 9.97 Å². The van der Waals surface area contributed by atoms with E-state index in [9.17, 15) is 0 Å². The lowest BCUT2D eigenvalue weighted by molar-refractivity contribution is 1.28. The van der Waals surface area contributed by atoms with Crippen LogP contribution in [0.1, 0.15) is 22.8 Å². The summed E-state index contributed by atoms with van der Waals surface area (Å²) >= 11 is 0. The fraction of sp³-hybridized carbons (Fsp3) is 0.0370. The lowest BCUT2D eigenvalue weighted by Gasteiger charge is -1.94. The molecule has 2 aliphatic rings. The molecular weight excluding hydrogens is 394 g/mol. The van der Waals surface area contributed by atoms with Crippen LogP contribution in [0.25, 0.3) is 46.4 Å². The molecule has 5 heterocycles. The zero-order chi connectivity index (χ0) is 21.8. The number of hydrogen-bond acceptors (Lipinski definition) is 3. The molecule has 0 aliphatic carbocycles. The van der Waals surface area contributed by atoms with Gasteiger partial charge in [0.15, 0.2) is 0 Å². The number of H-pyrrole nitrogens is 2. The van der Waals surface area contributed by atoms with Gasteiger partial charge in [0.2, 0.25) is 0 Å². The highest BCUT2D eigenvalue weighted by Gasteiger charge is 2.02. The van der Waals surface area contributed by atoms with Crippen LogP contribution in [-0.2, 0) is 0 Å². The van der Waals surface area contributed by atoms with Gasteiger partial charge in [0.25, 0.3) is 0 Å². The van der Waals surface area contributed by atoms with Gasteiger partial charge < -0.3 is 15.3 Å². The number of nitrogens with one attached hydrogen (secondary N) is 3. The van der Waals surface area contributed by atoms with Crippen LogP contribution in [0.5, 0.6) is 0 Å². The number of hydrogen-bond donors (Lipinski definition) is 3. The van der Waals surface area contributed by atoms with Crippen LogP contribution in [0.4, 0.5) is 5.69 Å². The smallest absolute Gasteiger partial charge is 0.0659 e. The minimum absolute atomic E-state index is 0.915. The number of nitrogens with zero attached hydrogens (tertiary/aromatic N) is 2. The highest BCUT2D eigenvalue weighted by atomic mass is 14.8. The van der Waals surface area contributed by atoms with E-state index in [0.717, 1.165) is 50.5 Å². The molecule has 5 nitrogen and oxygen atoms in total. The SMILES string of the molecule is C1=Cc2cc3ccc(cc4ccc(cc5nc(cc1n2)C=C5)[nH]4)[nH]3.CNc1ccccc1. The first kappa shape index (κ1) is 19.6. The third-order valence-electron chi connectivity index (χ3n) is 5.10. The summed E-state index contributed by atoms with van der Waals surface area (Å²) in [6, 6.07) is 26.5. The first-order chi connectivity index (χ1) is 15.7. The molecule has 3 N–H and O–H groups in total. The quantitative estimate of drug-likeness (QED) is 0.291. The normalized spacial score (nSPS) is 11.7. The summed E-state index contributed by atoms with van der Waals surface area (Å²) in [6.07, 6.45) is 8.05. The van der Waals surface area contributed by atoms with Crippen LogP contribution in [0.2, 0.25) is 0 Å². The van der Waals surface area contributed by atoms with Crippen molar-refractivity contribution < 1.29 is 0 Å². The maximum absolute atomic E-state index is 4.62. The van der Waals surface area contributed by atoms with Gasteiger partial charge in [-0.05, 0) is 85.0 Å². The molecule has 156 valence electrons. The zero-order valence-corrected chi connectivity index (χ0v) is 17.7. The highest BCUT2D eigenvalue weighted by molar-refractivity contribution is 5.77. The number of fused-ring (bicyclic) bond motifs is 8. The lowest BCUT2D eigenvalue weighted by Crippen LogP contribution is -1.84. The molecule has 0 amide bonds. The van der Waals surface area contributed by atoms with Crippen LogP contribution >= 0.6 is 0 Å². The summed E-state index contributed by atoms with van der Waals surface area (Å²) < 4.78 is 0. The number of para-hydroxylation sites is 1. The summed E-state index contributed by atoms with van der Waals surface area (Å²) in [5, 5.41) is 3.03. The van der Waals surface area contributed by atoms with E-state index in [1.165, 1.54) is 0 Å². The number of benzene rings is 1. The third kappa shape index (κ3) is 4.68. The molecule has 0 radical (unpaired) electrons. The topological polar surface area (TPSA) is 69.4 Å². The van der Waals surface area contributed by atoms with Crippen LogP contribution in [0, 0.1) is 0 Å². The van der Waals surface area contributed by atoms with Crippen LogP contribution in [-0.4, -0.2) is 27.0 Å². The first-order valence-electron chi connectivity index (χ1n) is 10.5. The molecule has 0 atom stereocenters. The van der Waals surface area contributed by atoms with Crippen LogP contribution in [0.15, 0.2) is 78.9 Å². The molecule has 32 heavy (non-hydrogen) atoms. The van der Waals surface area contributed by atoms with E-state index >= 15 is 0 Å². The van der Waals surface area contributed by atoms with E-state index in [1.54, 1.807) is 0 Å². The van der Waals surface area contributed by atoms with E-state index in [4.69, 9.17) is 0 Å². The lowest BCUT2D eigenvalue weighted by atomic mass is 10.3. The molecule has 8 bridgehead atoms. The Morgan fingerprint density at radius 1 is 0.531 bits per heavy atom. The second-order valence-corrected chi connectivity index (χ2v) is 7.52. The van der Waals surface area contributed by atoms with Crippen molar-refractivity contribution in [3.8, 4) is 0 Å². The molecule has 4 aromatic rings. The van der Waals surface area contributed by atoms with Crippen LogP contribution < -0.4 is 5.32 Å². The average Bonchev–Trinajstić information content (AvgIpc) is 3.61. The molecule has 2 aliphatic heterocycles. The molecule has 3 aromatic heterocycles. The summed E-state index contributed by atoms with van der Waals surface area (Å²) in [4.78, 5) is 16.0.